The fourth-order valence-electron chi connectivity index (χ4n) is 3.17. The van der Waals surface area contributed by atoms with E-state index in [4.69, 9.17) is 4.74 Å². The van der Waals surface area contributed by atoms with Crippen LogP contribution in [0.4, 0.5) is 0 Å². The minimum Gasteiger partial charge on any atom is -0.494 e. The number of ether oxygens (including phenoxy) is 1. The van der Waals surface area contributed by atoms with Crippen LogP contribution in [-0.4, -0.2) is 20.9 Å². The number of rotatable bonds is 10. The minimum atomic E-state index is -3.88. The lowest BCUT2D eigenvalue weighted by molar-refractivity contribution is -0.127. The average molecular weight is 464 g/mol. The second kappa shape index (κ2) is 11.0. The van der Waals surface area contributed by atoms with E-state index < -0.39 is 21.3 Å². The Morgan fingerprint density at radius 1 is 0.848 bits per heavy atom. The number of sulfonamides is 1. The average Bonchev–Trinajstić information content (AvgIpc) is 2.82. The summed E-state index contributed by atoms with van der Waals surface area (Å²) in [6, 6.07) is 25.8. The fourth-order valence-corrected chi connectivity index (χ4v) is 4.32. The van der Waals surface area contributed by atoms with E-state index >= 15 is 0 Å². The Balaban J connectivity index is 1.45. The van der Waals surface area contributed by atoms with Crippen LogP contribution in [0.15, 0.2) is 89.8 Å². The number of hydrogen-bond acceptors (Lipinski definition) is 4. The van der Waals surface area contributed by atoms with Gasteiger partial charge in [0.05, 0.1) is 11.5 Å². The van der Waals surface area contributed by atoms with Crippen LogP contribution in [0.3, 0.4) is 0 Å². The summed E-state index contributed by atoms with van der Waals surface area (Å²) in [5, 5.41) is 0. The minimum absolute atomic E-state index is 0.0690. The van der Waals surface area contributed by atoms with Crippen LogP contribution < -0.4 is 9.46 Å². The van der Waals surface area contributed by atoms with E-state index in [2.05, 4.69) is 10.8 Å². The van der Waals surface area contributed by atoms with Crippen LogP contribution in [-0.2, 0) is 14.8 Å². The Kier molecular flexibility index (Phi) is 8.06. The third-order valence-electron chi connectivity index (χ3n) is 5.26. The highest BCUT2D eigenvalue weighted by Crippen LogP contribution is 2.24. The Hall–Kier alpha value is -3.38. The quantitative estimate of drug-likeness (QED) is 0.316. The molecule has 0 aliphatic carbocycles. The van der Waals surface area contributed by atoms with E-state index in [1.54, 1.807) is 32.0 Å². The molecular weight excluding hydrogens is 434 g/mol. The first-order valence-corrected chi connectivity index (χ1v) is 12.3. The molecule has 0 aromatic heterocycles. The number of amides is 1. The molecule has 33 heavy (non-hydrogen) atoms. The molecule has 0 aliphatic rings. The molecule has 6 heteroatoms. The molecule has 0 spiro atoms. The first-order valence-electron chi connectivity index (χ1n) is 10.8. The number of hydrogen-bond donors (Lipinski definition) is 1. The number of carbonyl (C=O) groups is 1. The van der Waals surface area contributed by atoms with E-state index in [0.717, 1.165) is 16.9 Å². The molecule has 3 rings (SSSR count). The lowest BCUT2D eigenvalue weighted by Crippen LogP contribution is -2.40. The van der Waals surface area contributed by atoms with Gasteiger partial charge < -0.3 is 4.74 Å². The predicted molar refractivity (Wildman–Crippen MR) is 132 cm³/mol. The highest BCUT2D eigenvalue weighted by molar-refractivity contribution is 7.90. The van der Waals surface area contributed by atoms with Gasteiger partial charge in [0, 0.05) is 5.41 Å². The van der Waals surface area contributed by atoms with Crippen molar-refractivity contribution in [2.75, 3.05) is 6.61 Å². The number of benzene rings is 3. The molecule has 0 saturated carbocycles. The smallest absolute Gasteiger partial charge is 0.264 e. The van der Waals surface area contributed by atoms with Crippen molar-refractivity contribution in [3.05, 3.63) is 96.1 Å². The van der Waals surface area contributed by atoms with E-state index in [1.165, 1.54) is 12.1 Å². The fraction of sp³-hybridized carbons (Fsp3) is 0.222. The molecule has 5 nitrogen and oxygen atoms in total. The molecule has 172 valence electrons. The van der Waals surface area contributed by atoms with Crippen molar-refractivity contribution in [2.24, 2.45) is 5.41 Å². The van der Waals surface area contributed by atoms with E-state index in [9.17, 15) is 13.2 Å². The molecule has 0 radical (unpaired) electrons. The molecule has 0 unspecified atom stereocenters. The van der Waals surface area contributed by atoms with Crippen LogP contribution in [0.5, 0.6) is 5.75 Å². The Bertz CT molecular complexity index is 1170. The maximum atomic E-state index is 12.6. The standard InChI is InChI=1S/C27H29NO4S/c1-27(2,26(29)28-33(30,31)25-12-7-4-8-13-25)20-9-21-32-24-18-16-23(17-19-24)15-14-22-10-5-3-6-11-22/h3-8,10-19H,9,20-21H2,1-2H3,(H,28,29)/b15-14+. The van der Waals surface area contributed by atoms with E-state index in [0.29, 0.717) is 19.4 Å². The Morgan fingerprint density at radius 2 is 1.39 bits per heavy atom. The molecule has 0 fully saturated rings. The zero-order valence-corrected chi connectivity index (χ0v) is 19.7. The normalized spacial score (nSPS) is 11.9. The number of carbonyl (C=O) groups excluding carboxylic acids is 1. The van der Waals surface area contributed by atoms with Crippen LogP contribution in [0, 0.1) is 5.41 Å². The summed E-state index contributed by atoms with van der Waals surface area (Å²) in [5.41, 5.74) is 1.36. The predicted octanol–water partition coefficient (Wildman–Crippen LogP) is 5.55. The van der Waals surface area contributed by atoms with Gasteiger partial charge >= 0.3 is 0 Å². The molecule has 3 aromatic rings. The molecule has 0 heterocycles. The topological polar surface area (TPSA) is 72.5 Å². The van der Waals surface area contributed by atoms with E-state index in [-0.39, 0.29) is 4.90 Å². The second-order valence-corrected chi connectivity index (χ2v) is 10.1. The van der Waals surface area contributed by atoms with Gasteiger partial charge in [-0.3, -0.25) is 4.79 Å². The largest absolute Gasteiger partial charge is 0.494 e. The van der Waals surface area contributed by atoms with Gasteiger partial charge in [-0.15, -0.1) is 0 Å². The first kappa shape index (κ1) is 24.3. The van der Waals surface area contributed by atoms with Gasteiger partial charge in [-0.25, -0.2) is 13.1 Å². The summed E-state index contributed by atoms with van der Waals surface area (Å²) in [5.74, 6) is 0.224. The van der Waals surface area contributed by atoms with Crippen molar-refractivity contribution in [1.29, 1.82) is 0 Å². The summed E-state index contributed by atoms with van der Waals surface area (Å²) >= 11 is 0. The molecule has 0 atom stereocenters. The Morgan fingerprint density at radius 3 is 2.00 bits per heavy atom. The van der Waals surface area contributed by atoms with Crippen molar-refractivity contribution < 1.29 is 17.9 Å². The zero-order valence-electron chi connectivity index (χ0n) is 18.9. The summed E-state index contributed by atoms with van der Waals surface area (Å²) in [6.45, 7) is 3.90. The monoisotopic (exact) mass is 463 g/mol. The van der Waals surface area contributed by atoms with Crippen molar-refractivity contribution in [3.8, 4) is 5.75 Å². The molecule has 0 saturated heterocycles. The summed E-state index contributed by atoms with van der Waals surface area (Å²) in [6.07, 6.45) is 5.20. The molecule has 3 aromatic carbocycles. The second-order valence-electron chi connectivity index (χ2n) is 8.40. The van der Waals surface area contributed by atoms with Crippen molar-refractivity contribution in [3.63, 3.8) is 0 Å². The highest BCUT2D eigenvalue weighted by Gasteiger charge is 2.31. The van der Waals surface area contributed by atoms with Crippen molar-refractivity contribution >= 4 is 28.1 Å². The summed E-state index contributed by atoms with van der Waals surface area (Å²) < 4.78 is 32.8. The molecule has 0 aliphatic heterocycles. The molecular formula is C27H29NO4S. The third kappa shape index (κ3) is 7.32. The zero-order chi connectivity index (χ0) is 23.7. The highest BCUT2D eigenvalue weighted by atomic mass is 32.2. The van der Waals surface area contributed by atoms with Crippen LogP contribution in [0.1, 0.15) is 37.8 Å². The SMILES string of the molecule is CC(C)(CCCOc1ccc(/C=C/c2ccccc2)cc1)C(=O)NS(=O)(=O)c1ccccc1. The maximum absolute atomic E-state index is 12.6. The van der Waals surface area contributed by atoms with Crippen LogP contribution in [0.25, 0.3) is 12.2 Å². The molecule has 0 bridgehead atoms. The Labute approximate surface area is 196 Å². The van der Waals surface area contributed by atoms with Crippen LogP contribution in [0.2, 0.25) is 0 Å². The third-order valence-corrected chi connectivity index (χ3v) is 6.60. The lowest BCUT2D eigenvalue weighted by atomic mass is 9.87. The van der Waals surface area contributed by atoms with Gasteiger partial charge in [0.15, 0.2) is 0 Å². The summed E-state index contributed by atoms with van der Waals surface area (Å²) in [4.78, 5) is 12.7. The lowest BCUT2D eigenvalue weighted by Gasteiger charge is -2.23. The van der Waals surface area contributed by atoms with Crippen molar-refractivity contribution in [2.45, 2.75) is 31.6 Å². The van der Waals surface area contributed by atoms with Gasteiger partial charge in [0.1, 0.15) is 5.75 Å². The maximum Gasteiger partial charge on any atom is 0.264 e. The van der Waals surface area contributed by atoms with Gasteiger partial charge in [-0.05, 0) is 48.2 Å². The van der Waals surface area contributed by atoms with Crippen LogP contribution >= 0.6 is 0 Å². The summed E-state index contributed by atoms with van der Waals surface area (Å²) in [7, 11) is -3.88. The van der Waals surface area contributed by atoms with E-state index in [1.807, 2.05) is 60.7 Å². The molecule has 1 amide bonds. The van der Waals surface area contributed by atoms with Gasteiger partial charge in [-0.2, -0.15) is 0 Å². The van der Waals surface area contributed by atoms with Gasteiger partial charge in [0.25, 0.3) is 10.0 Å². The first-order chi connectivity index (χ1) is 15.8. The van der Waals surface area contributed by atoms with Crippen molar-refractivity contribution in [1.82, 2.24) is 4.72 Å². The number of nitrogens with one attached hydrogen (secondary N) is 1. The van der Waals surface area contributed by atoms with Gasteiger partial charge in [-0.1, -0.05) is 86.7 Å². The molecule has 1 N–H and O–H groups in total. The van der Waals surface area contributed by atoms with Gasteiger partial charge in [0.2, 0.25) is 5.91 Å².